The van der Waals surface area contributed by atoms with Crippen LogP contribution in [-0.2, 0) is 15.9 Å². The molecule has 5 N–H and O–H groups in total. The van der Waals surface area contributed by atoms with E-state index in [-0.39, 0.29) is 30.2 Å². The normalized spacial score (nSPS) is 29.1. The minimum atomic E-state index is -0.812. The fourth-order valence-corrected chi connectivity index (χ4v) is 6.62. The molecule has 10 nitrogen and oxygen atoms in total. The number of anilines is 2. The van der Waals surface area contributed by atoms with E-state index in [0.717, 1.165) is 32.9 Å². The molecule has 37 heavy (non-hydrogen) atoms. The maximum absolute atomic E-state index is 13.1. The molecule has 6 heterocycles. The van der Waals surface area contributed by atoms with Crippen LogP contribution in [0.1, 0.15) is 40.3 Å². The first-order valence-corrected chi connectivity index (χ1v) is 13.4. The first-order chi connectivity index (χ1) is 17.6. The van der Waals surface area contributed by atoms with Crippen molar-refractivity contribution in [2.75, 3.05) is 30.3 Å². The van der Waals surface area contributed by atoms with E-state index in [1.807, 2.05) is 45.9 Å². The molecule has 0 aromatic carbocycles. The van der Waals surface area contributed by atoms with E-state index < -0.39 is 5.79 Å². The van der Waals surface area contributed by atoms with Crippen molar-refractivity contribution in [2.24, 2.45) is 5.73 Å². The van der Waals surface area contributed by atoms with Gasteiger partial charge in [-0.25, -0.2) is 4.98 Å². The van der Waals surface area contributed by atoms with Crippen LogP contribution in [0, 0.1) is 13.8 Å². The van der Waals surface area contributed by atoms with Gasteiger partial charge in [0.05, 0.1) is 36.5 Å². The minimum Gasteiger partial charge on any atom is -0.475 e. The van der Waals surface area contributed by atoms with Crippen molar-refractivity contribution < 1.29 is 19.0 Å². The molecule has 2 saturated heterocycles. The number of hydrogen-bond donors (Lipinski definition) is 3. The number of hydrogen-bond acceptors (Lipinski definition) is 10. The molecule has 196 valence electrons. The highest BCUT2D eigenvalue weighted by Gasteiger charge is 2.54. The largest absolute Gasteiger partial charge is 0.475 e. The van der Waals surface area contributed by atoms with E-state index >= 15 is 0 Å². The van der Waals surface area contributed by atoms with E-state index in [1.54, 1.807) is 0 Å². The summed E-state index contributed by atoms with van der Waals surface area (Å²) < 4.78 is 18.2. The van der Waals surface area contributed by atoms with Crippen LogP contribution in [0.15, 0.2) is 18.2 Å². The molecular weight excluding hydrogens is 492 g/mol. The molecule has 4 atom stereocenters. The highest BCUT2D eigenvalue weighted by Crippen LogP contribution is 2.38. The predicted octanol–water partition coefficient (Wildman–Crippen LogP) is 2.29. The van der Waals surface area contributed by atoms with Crippen LogP contribution in [0.3, 0.4) is 0 Å². The van der Waals surface area contributed by atoms with Crippen molar-refractivity contribution in [3.8, 4) is 5.88 Å². The Bertz CT molecular complexity index is 1380. The van der Waals surface area contributed by atoms with Crippen molar-refractivity contribution in [1.29, 1.82) is 0 Å². The number of fused-ring (bicyclic) bond motifs is 2. The van der Waals surface area contributed by atoms with Gasteiger partial charge in [-0.2, -0.15) is 4.98 Å². The van der Waals surface area contributed by atoms with Gasteiger partial charge in [-0.15, -0.1) is 11.3 Å². The Balaban J connectivity index is 1.15. The molecule has 1 amide bonds. The monoisotopic (exact) mass is 524 g/mol. The highest BCUT2D eigenvalue weighted by atomic mass is 32.1. The maximum atomic E-state index is 13.1. The standard InChI is InChI=1S/C26H32N6O4S/c1-12-7-13(2)29-25-20(12)21(28)22(37-25)23(33)30-17-8-16-5-6-19(31-24(16)34-10-17)32-9-18(27)26(11-32)35-14(3)15(4)36-26/h5-7,14-15,17-18H,8-11,27-28H2,1-4H3,(H,30,33). The number of amides is 1. The molecular formula is C26H32N6O4S. The Labute approximate surface area is 219 Å². The second-order valence-corrected chi connectivity index (χ2v) is 11.4. The zero-order chi connectivity index (χ0) is 26.1. The number of nitrogens with one attached hydrogen (secondary N) is 1. The van der Waals surface area contributed by atoms with Crippen LogP contribution in [0.25, 0.3) is 10.2 Å². The molecule has 0 radical (unpaired) electrons. The number of carbonyl (C=O) groups is 1. The summed E-state index contributed by atoms with van der Waals surface area (Å²) in [5, 5.41) is 3.93. The van der Waals surface area contributed by atoms with E-state index in [1.165, 1.54) is 11.3 Å². The molecule has 0 saturated carbocycles. The second-order valence-electron chi connectivity index (χ2n) is 10.4. The van der Waals surface area contributed by atoms with Crippen LogP contribution in [0.5, 0.6) is 5.88 Å². The molecule has 4 unspecified atom stereocenters. The van der Waals surface area contributed by atoms with Crippen molar-refractivity contribution in [2.45, 2.75) is 64.2 Å². The number of aryl methyl sites for hydroxylation is 2. The summed E-state index contributed by atoms with van der Waals surface area (Å²) >= 11 is 1.32. The average Bonchev–Trinajstić information content (AvgIpc) is 3.45. The smallest absolute Gasteiger partial charge is 0.263 e. The van der Waals surface area contributed by atoms with Crippen LogP contribution in [0.4, 0.5) is 11.5 Å². The van der Waals surface area contributed by atoms with Gasteiger partial charge in [-0.1, -0.05) is 0 Å². The van der Waals surface area contributed by atoms with Crippen molar-refractivity contribution in [3.63, 3.8) is 0 Å². The molecule has 2 fully saturated rings. The van der Waals surface area contributed by atoms with E-state index in [4.69, 9.17) is 30.7 Å². The third-order valence-corrected chi connectivity index (χ3v) is 8.62. The Hall–Kier alpha value is -2.99. The zero-order valence-electron chi connectivity index (χ0n) is 21.4. The summed E-state index contributed by atoms with van der Waals surface area (Å²) in [6.45, 7) is 9.34. The van der Waals surface area contributed by atoms with Crippen LogP contribution in [0.2, 0.25) is 0 Å². The summed E-state index contributed by atoms with van der Waals surface area (Å²) in [6, 6.07) is 5.46. The number of ether oxygens (including phenoxy) is 3. The Morgan fingerprint density at radius 1 is 1.22 bits per heavy atom. The minimum absolute atomic E-state index is 0.00900. The lowest BCUT2D eigenvalue weighted by atomic mass is 10.1. The van der Waals surface area contributed by atoms with Crippen molar-refractivity contribution >= 4 is 39.0 Å². The molecule has 11 heteroatoms. The molecule has 3 aromatic rings. The van der Waals surface area contributed by atoms with E-state index in [2.05, 4.69) is 15.2 Å². The van der Waals surface area contributed by atoms with Gasteiger partial charge in [-0.05, 0) is 51.5 Å². The fourth-order valence-electron chi connectivity index (χ4n) is 5.50. The summed E-state index contributed by atoms with van der Waals surface area (Å²) in [4.78, 5) is 25.8. The fraction of sp³-hybridized carbons (Fsp3) is 0.500. The zero-order valence-corrected chi connectivity index (χ0v) is 22.2. The number of carbonyl (C=O) groups excluding carboxylic acids is 1. The molecule has 3 aliphatic heterocycles. The number of nitrogen functional groups attached to an aromatic ring is 1. The number of pyridine rings is 2. The quantitative estimate of drug-likeness (QED) is 0.471. The average molecular weight is 525 g/mol. The van der Waals surface area contributed by atoms with E-state index in [9.17, 15) is 4.79 Å². The van der Waals surface area contributed by atoms with Gasteiger partial charge in [-0.3, -0.25) is 4.79 Å². The van der Waals surface area contributed by atoms with Gasteiger partial charge >= 0.3 is 0 Å². The summed E-state index contributed by atoms with van der Waals surface area (Å²) in [6.07, 6.45) is 0.593. The number of thiophene rings is 1. The van der Waals surface area contributed by atoms with E-state index in [0.29, 0.717) is 42.6 Å². The molecule has 1 spiro atoms. The molecule has 0 bridgehead atoms. The first kappa shape index (κ1) is 24.4. The highest BCUT2D eigenvalue weighted by molar-refractivity contribution is 7.21. The third-order valence-electron chi connectivity index (χ3n) is 7.53. The van der Waals surface area contributed by atoms with Gasteiger partial charge in [0, 0.05) is 29.6 Å². The Morgan fingerprint density at radius 3 is 2.73 bits per heavy atom. The van der Waals surface area contributed by atoms with Gasteiger partial charge in [0.2, 0.25) is 11.7 Å². The molecule has 3 aliphatic rings. The lowest BCUT2D eigenvalue weighted by Crippen LogP contribution is -2.48. The van der Waals surface area contributed by atoms with Crippen molar-refractivity contribution in [3.05, 3.63) is 39.9 Å². The van der Waals surface area contributed by atoms with Gasteiger partial charge < -0.3 is 35.9 Å². The van der Waals surface area contributed by atoms with Gasteiger partial charge in [0.15, 0.2) is 0 Å². The topological polar surface area (TPSA) is 138 Å². The lowest BCUT2D eigenvalue weighted by Gasteiger charge is -2.28. The maximum Gasteiger partial charge on any atom is 0.263 e. The van der Waals surface area contributed by atoms with Gasteiger partial charge in [0.25, 0.3) is 5.91 Å². The summed E-state index contributed by atoms with van der Waals surface area (Å²) in [7, 11) is 0. The molecule has 6 rings (SSSR count). The van der Waals surface area contributed by atoms with Crippen LogP contribution < -0.4 is 26.4 Å². The van der Waals surface area contributed by atoms with Crippen LogP contribution in [-0.4, -0.2) is 65.7 Å². The number of aromatic nitrogens is 2. The Kier molecular flexibility index (Phi) is 5.79. The SMILES string of the molecule is Cc1cc(C)c2c(N)c(C(=O)NC3COc4nc(N5CC(N)C6(C5)OC(C)C(C)O6)ccc4C3)sc2n1. The van der Waals surface area contributed by atoms with Crippen molar-refractivity contribution in [1.82, 2.24) is 15.3 Å². The summed E-state index contributed by atoms with van der Waals surface area (Å²) in [5.41, 5.74) is 16.1. The Morgan fingerprint density at radius 2 is 1.97 bits per heavy atom. The van der Waals surface area contributed by atoms with Gasteiger partial charge in [0.1, 0.15) is 22.1 Å². The molecule has 0 aliphatic carbocycles. The number of nitrogens with two attached hydrogens (primary N) is 2. The lowest BCUT2D eigenvalue weighted by molar-refractivity contribution is -0.164. The number of nitrogens with zero attached hydrogens (tertiary/aromatic N) is 3. The first-order valence-electron chi connectivity index (χ1n) is 12.6. The van der Waals surface area contributed by atoms with Crippen LogP contribution >= 0.6 is 11.3 Å². The second kappa shape index (κ2) is 8.80. The predicted molar refractivity (Wildman–Crippen MR) is 142 cm³/mol. The number of rotatable bonds is 3. The summed E-state index contributed by atoms with van der Waals surface area (Å²) in [5.74, 6) is 0.317. The molecule has 3 aromatic heterocycles. The third kappa shape index (κ3) is 4.10.